The maximum Gasteiger partial charge on any atom is 0.0719 e. The van der Waals surface area contributed by atoms with E-state index in [9.17, 15) is 0 Å². The second kappa shape index (κ2) is 16.1. The van der Waals surface area contributed by atoms with Gasteiger partial charge in [0.05, 0.1) is 10.8 Å². The lowest BCUT2D eigenvalue weighted by molar-refractivity contribution is 0.563. The van der Waals surface area contributed by atoms with Crippen LogP contribution in [0, 0.1) is 0 Å². The summed E-state index contributed by atoms with van der Waals surface area (Å²) in [5.74, 6) is 0. The summed E-state index contributed by atoms with van der Waals surface area (Å²) in [7, 11) is 0. The Morgan fingerprint density at radius 3 is 1.28 bits per heavy atom. The summed E-state index contributed by atoms with van der Waals surface area (Å²) in [4.78, 5) is 2.39. The Hall–Kier alpha value is -8.78. The highest BCUT2D eigenvalue weighted by molar-refractivity contribution is 5.92. The van der Waals surface area contributed by atoms with E-state index in [4.69, 9.17) is 0 Å². The van der Waals surface area contributed by atoms with Crippen molar-refractivity contribution in [3.8, 4) is 44.5 Å². The molecule has 0 fully saturated rings. The van der Waals surface area contributed by atoms with Gasteiger partial charge in [0.25, 0.3) is 0 Å². The number of hydrogen-bond acceptors (Lipinski definition) is 1. The number of benzene rings is 11. The van der Waals surface area contributed by atoms with E-state index in [0.717, 1.165) is 17.1 Å². The number of anilines is 3. The molecule has 0 aromatic heterocycles. The van der Waals surface area contributed by atoms with E-state index in [1.54, 1.807) is 0 Å². The van der Waals surface area contributed by atoms with Crippen LogP contribution in [0.4, 0.5) is 17.1 Å². The number of nitrogens with zero attached hydrogens (tertiary/aromatic N) is 1. The quantitative estimate of drug-likeness (QED) is 0.154. The Balaban J connectivity index is 0.864. The summed E-state index contributed by atoms with van der Waals surface area (Å²) in [6, 6.07) is 102. The largest absolute Gasteiger partial charge is 0.310 e. The lowest BCUT2D eigenvalue weighted by Gasteiger charge is -2.46. The van der Waals surface area contributed by atoms with Crippen LogP contribution >= 0.6 is 0 Å². The molecule has 11 aromatic rings. The fraction of sp³-hybridized carbons (Fsp3) is 0.0704. The van der Waals surface area contributed by atoms with Gasteiger partial charge in [-0.1, -0.05) is 238 Å². The van der Waals surface area contributed by atoms with Gasteiger partial charge in [-0.05, 0) is 149 Å². The molecule has 3 aliphatic rings. The summed E-state index contributed by atoms with van der Waals surface area (Å²) in [6.45, 7) is 4.77. The second-order valence-electron chi connectivity index (χ2n) is 20.3. The average Bonchev–Trinajstić information content (AvgIpc) is 3.91. The van der Waals surface area contributed by atoms with Gasteiger partial charge in [-0.2, -0.15) is 0 Å². The molecule has 0 bridgehead atoms. The predicted molar refractivity (Wildman–Crippen MR) is 299 cm³/mol. The van der Waals surface area contributed by atoms with E-state index in [-0.39, 0.29) is 5.41 Å². The number of hydrogen-bond donors (Lipinski definition) is 0. The van der Waals surface area contributed by atoms with Gasteiger partial charge in [0, 0.05) is 22.5 Å². The molecule has 0 amide bonds. The van der Waals surface area contributed by atoms with Crippen molar-refractivity contribution in [3.63, 3.8) is 0 Å². The van der Waals surface area contributed by atoms with Crippen LogP contribution in [0.3, 0.4) is 0 Å². The second-order valence-corrected chi connectivity index (χ2v) is 20.3. The van der Waals surface area contributed by atoms with Gasteiger partial charge >= 0.3 is 0 Å². The van der Waals surface area contributed by atoms with Crippen molar-refractivity contribution in [2.24, 2.45) is 0 Å². The summed E-state index contributed by atoms with van der Waals surface area (Å²) in [5.41, 5.74) is 25.7. The Labute approximate surface area is 423 Å². The molecule has 1 nitrogen and oxygen atoms in total. The fourth-order valence-corrected chi connectivity index (χ4v) is 13.3. The van der Waals surface area contributed by atoms with E-state index in [2.05, 4.69) is 292 Å². The van der Waals surface area contributed by atoms with Crippen LogP contribution in [0.25, 0.3) is 44.5 Å². The number of rotatable bonds is 7. The van der Waals surface area contributed by atoms with Crippen LogP contribution in [0.1, 0.15) is 69.5 Å². The summed E-state index contributed by atoms with van der Waals surface area (Å²) < 4.78 is 0. The maximum atomic E-state index is 2.45. The van der Waals surface area contributed by atoms with Gasteiger partial charge < -0.3 is 4.90 Å². The van der Waals surface area contributed by atoms with Gasteiger partial charge in [0.1, 0.15) is 0 Å². The van der Waals surface area contributed by atoms with Crippen LogP contribution in [0.2, 0.25) is 0 Å². The van der Waals surface area contributed by atoms with Gasteiger partial charge in [0.2, 0.25) is 0 Å². The molecule has 1 spiro atoms. The molecule has 3 aliphatic carbocycles. The molecule has 11 aromatic carbocycles. The first-order valence-electron chi connectivity index (χ1n) is 25.3. The highest BCUT2D eigenvalue weighted by atomic mass is 15.1. The monoisotopic (exact) mass is 917 g/mol. The molecule has 0 unspecified atom stereocenters. The van der Waals surface area contributed by atoms with Crippen LogP contribution in [0.5, 0.6) is 0 Å². The van der Waals surface area contributed by atoms with E-state index < -0.39 is 10.8 Å². The van der Waals surface area contributed by atoms with Crippen LogP contribution in [-0.2, 0) is 16.2 Å². The predicted octanol–water partition coefficient (Wildman–Crippen LogP) is 17.9. The molecule has 0 saturated heterocycles. The highest BCUT2D eigenvalue weighted by Gasteiger charge is 2.53. The third-order valence-electron chi connectivity index (χ3n) is 16.4. The van der Waals surface area contributed by atoms with Crippen molar-refractivity contribution >= 4 is 17.1 Å². The normalized spacial score (nSPS) is 14.6. The topological polar surface area (TPSA) is 3.24 Å². The third kappa shape index (κ3) is 5.95. The van der Waals surface area contributed by atoms with Crippen molar-refractivity contribution in [1.29, 1.82) is 0 Å². The smallest absolute Gasteiger partial charge is 0.0719 e. The molecule has 1 heteroatoms. The zero-order chi connectivity index (χ0) is 48.0. The summed E-state index contributed by atoms with van der Waals surface area (Å²) in [5, 5.41) is 0. The zero-order valence-corrected chi connectivity index (χ0v) is 40.4. The molecule has 14 rings (SSSR count). The molecular formula is C71H51N. The summed E-state index contributed by atoms with van der Waals surface area (Å²) >= 11 is 0. The minimum Gasteiger partial charge on any atom is -0.310 e. The van der Waals surface area contributed by atoms with Crippen molar-refractivity contribution in [2.75, 3.05) is 4.90 Å². The highest BCUT2D eigenvalue weighted by Crippen LogP contribution is 2.63. The molecule has 0 atom stereocenters. The van der Waals surface area contributed by atoms with Crippen LogP contribution < -0.4 is 4.90 Å². The number of para-hydroxylation sites is 1. The van der Waals surface area contributed by atoms with Gasteiger partial charge in [-0.25, -0.2) is 0 Å². The molecule has 72 heavy (non-hydrogen) atoms. The molecule has 0 saturated carbocycles. The minimum absolute atomic E-state index is 0.131. The molecular weight excluding hydrogens is 867 g/mol. The van der Waals surface area contributed by atoms with E-state index in [0.29, 0.717) is 0 Å². The SMILES string of the molecule is CC1(C)c2ccccc2C2(c3ccccc3-c3cc(-c4cccc(N(c5ccccc5)c5ccc(-c6ccc7c(c6)C(c6ccccc6)(c6ccccc6)c6ccccc6-7)cc5)c4)ccc32)c2ccccc21. The molecule has 0 N–H and O–H groups in total. The lowest BCUT2D eigenvalue weighted by Crippen LogP contribution is -2.40. The van der Waals surface area contributed by atoms with E-state index in [1.807, 2.05) is 0 Å². The first-order chi connectivity index (χ1) is 35.5. The maximum absolute atomic E-state index is 2.45. The zero-order valence-electron chi connectivity index (χ0n) is 40.4. The standard InChI is InChI=1S/C71H51N/c1-69(2)64-33-16-18-35-66(64)71(67-36-19-17-34-65(67)69)62-32-15-13-30-58(62)60-46-50(40-44-63(60)71)49-21-20-28-56(45-49)72(54-26-10-5-11-27-54)55-41-37-48(38-42-55)51-39-43-59-57-29-12-14-31-61(57)70(68(59)47-51,52-22-6-3-7-23-52)53-24-8-4-9-25-53/h3-47H,1-2H3. The number of fused-ring (bicyclic) bond motifs is 12. The van der Waals surface area contributed by atoms with Crippen molar-refractivity contribution in [2.45, 2.75) is 30.1 Å². The minimum atomic E-state index is -0.451. The lowest BCUT2D eigenvalue weighted by atomic mass is 9.55. The summed E-state index contributed by atoms with van der Waals surface area (Å²) in [6.07, 6.45) is 0. The Morgan fingerprint density at radius 2 is 0.653 bits per heavy atom. The first-order valence-corrected chi connectivity index (χ1v) is 25.3. The molecule has 0 radical (unpaired) electrons. The molecule has 0 aliphatic heterocycles. The Bertz CT molecular complexity index is 3790. The fourth-order valence-electron chi connectivity index (χ4n) is 13.3. The van der Waals surface area contributed by atoms with Crippen molar-refractivity contribution < 1.29 is 0 Å². The van der Waals surface area contributed by atoms with Gasteiger partial charge in [0.15, 0.2) is 0 Å². The average molecular weight is 918 g/mol. The Morgan fingerprint density at radius 1 is 0.236 bits per heavy atom. The van der Waals surface area contributed by atoms with Gasteiger partial charge in [-0.15, -0.1) is 0 Å². The van der Waals surface area contributed by atoms with Gasteiger partial charge in [-0.3, -0.25) is 0 Å². The van der Waals surface area contributed by atoms with E-state index in [1.165, 1.54) is 100 Å². The van der Waals surface area contributed by atoms with Crippen LogP contribution in [-0.4, -0.2) is 0 Å². The Kier molecular flexibility index (Phi) is 9.44. The molecule has 0 heterocycles. The van der Waals surface area contributed by atoms with E-state index >= 15 is 0 Å². The first kappa shape index (κ1) is 42.1. The van der Waals surface area contributed by atoms with Crippen molar-refractivity contribution in [1.82, 2.24) is 0 Å². The van der Waals surface area contributed by atoms with Crippen molar-refractivity contribution in [3.05, 3.63) is 329 Å². The molecule has 340 valence electrons. The third-order valence-corrected chi connectivity index (χ3v) is 16.4. The van der Waals surface area contributed by atoms with Crippen LogP contribution in [0.15, 0.2) is 273 Å².